The molecule has 28 heavy (non-hydrogen) atoms. The number of nitrogens with one attached hydrogen (secondary N) is 2. The molecule has 0 unspecified atom stereocenters. The third-order valence-corrected chi connectivity index (χ3v) is 4.94. The molecular formula is C21H25FN4O2. The van der Waals surface area contributed by atoms with E-state index in [9.17, 15) is 14.0 Å². The van der Waals surface area contributed by atoms with Gasteiger partial charge in [0, 0.05) is 32.4 Å². The maximum Gasteiger partial charge on any atom is 0.319 e. The molecule has 148 valence electrons. The molecule has 2 aromatic carbocycles. The van der Waals surface area contributed by atoms with Crippen LogP contribution >= 0.6 is 0 Å². The highest BCUT2D eigenvalue weighted by Gasteiger charge is 2.31. The van der Waals surface area contributed by atoms with Crippen LogP contribution in [0.1, 0.15) is 17.5 Å². The first-order chi connectivity index (χ1) is 13.4. The molecule has 2 aromatic rings. The van der Waals surface area contributed by atoms with Crippen LogP contribution in [0, 0.1) is 5.82 Å². The van der Waals surface area contributed by atoms with E-state index in [1.165, 1.54) is 12.1 Å². The minimum absolute atomic E-state index is 0.0694. The molecule has 3 rings (SSSR count). The van der Waals surface area contributed by atoms with Crippen molar-refractivity contribution < 1.29 is 14.0 Å². The number of nitrogens with zero attached hydrogens (tertiary/aromatic N) is 2. The first-order valence-electron chi connectivity index (χ1n) is 9.26. The first-order valence-corrected chi connectivity index (χ1v) is 9.26. The average Bonchev–Trinajstić information content (AvgIpc) is 3.02. The van der Waals surface area contributed by atoms with Crippen molar-refractivity contribution in [1.82, 2.24) is 15.1 Å². The molecular weight excluding hydrogens is 359 g/mol. The number of urea groups is 1. The molecule has 0 saturated carbocycles. The second-order valence-electron chi connectivity index (χ2n) is 7.11. The summed E-state index contributed by atoms with van der Waals surface area (Å²) in [6, 6.07) is 13.1. The Balaban J connectivity index is 1.47. The van der Waals surface area contributed by atoms with Gasteiger partial charge in [0.2, 0.25) is 5.91 Å². The number of carbonyl (C=O) groups excluding carboxylic acids is 2. The molecule has 0 spiro atoms. The molecule has 2 N–H and O–H groups in total. The number of rotatable bonds is 6. The fourth-order valence-corrected chi connectivity index (χ4v) is 3.26. The molecule has 7 heteroatoms. The Labute approximate surface area is 164 Å². The third kappa shape index (κ3) is 5.07. The summed E-state index contributed by atoms with van der Waals surface area (Å²) in [6.07, 6.45) is 0.847. The lowest BCUT2D eigenvalue weighted by Crippen LogP contribution is -2.38. The van der Waals surface area contributed by atoms with Gasteiger partial charge in [-0.15, -0.1) is 0 Å². The Morgan fingerprint density at radius 2 is 1.79 bits per heavy atom. The van der Waals surface area contributed by atoms with Gasteiger partial charge in [0.25, 0.3) is 0 Å². The molecule has 1 saturated heterocycles. The van der Waals surface area contributed by atoms with Crippen LogP contribution in [0.2, 0.25) is 0 Å². The number of halogens is 1. The molecule has 1 fully saturated rings. The molecule has 1 aliphatic heterocycles. The average molecular weight is 384 g/mol. The fraction of sp³-hybridized carbons (Fsp3) is 0.333. The number of carbonyl (C=O) groups is 2. The highest BCUT2D eigenvalue weighted by Crippen LogP contribution is 2.18. The Morgan fingerprint density at radius 1 is 1.14 bits per heavy atom. The van der Waals surface area contributed by atoms with Crippen LogP contribution in [0.4, 0.5) is 14.9 Å². The minimum Gasteiger partial charge on any atom is -0.344 e. The van der Waals surface area contributed by atoms with Crippen molar-refractivity contribution in [2.75, 3.05) is 26.0 Å². The summed E-state index contributed by atoms with van der Waals surface area (Å²) in [4.78, 5) is 27.9. The molecule has 6 nitrogen and oxygen atoms in total. The predicted octanol–water partition coefficient (Wildman–Crippen LogP) is 2.81. The van der Waals surface area contributed by atoms with E-state index in [0.717, 1.165) is 24.1 Å². The summed E-state index contributed by atoms with van der Waals surface area (Å²) in [5, 5.41) is 5.51. The lowest BCUT2D eigenvalue weighted by Gasteiger charge is -2.23. The number of likely N-dealkylation sites (tertiary alicyclic amines) is 1. The van der Waals surface area contributed by atoms with Gasteiger partial charge in [-0.3, -0.25) is 9.69 Å². The Hall–Kier alpha value is -2.93. The van der Waals surface area contributed by atoms with Crippen molar-refractivity contribution >= 4 is 17.6 Å². The minimum atomic E-state index is -0.325. The summed E-state index contributed by atoms with van der Waals surface area (Å²) in [5.74, 6) is -0.137. The number of anilines is 1. The Kier molecular flexibility index (Phi) is 6.26. The highest BCUT2D eigenvalue weighted by molar-refractivity contribution is 5.89. The zero-order chi connectivity index (χ0) is 20.1. The van der Waals surface area contributed by atoms with Crippen LogP contribution in [-0.2, 0) is 17.9 Å². The quantitative estimate of drug-likeness (QED) is 0.805. The van der Waals surface area contributed by atoms with E-state index in [1.807, 2.05) is 38.4 Å². The number of benzene rings is 2. The molecule has 0 aliphatic carbocycles. The van der Waals surface area contributed by atoms with Crippen LogP contribution in [-0.4, -0.2) is 48.4 Å². The number of likely N-dealkylation sites (N-methyl/N-ethyl adjacent to an activating group) is 2. The fourth-order valence-electron chi connectivity index (χ4n) is 3.26. The zero-order valence-corrected chi connectivity index (χ0v) is 16.1. The van der Waals surface area contributed by atoms with Crippen molar-refractivity contribution in [2.24, 2.45) is 0 Å². The predicted molar refractivity (Wildman–Crippen MR) is 106 cm³/mol. The van der Waals surface area contributed by atoms with E-state index in [2.05, 4.69) is 15.5 Å². The van der Waals surface area contributed by atoms with E-state index in [0.29, 0.717) is 18.8 Å². The SMILES string of the molecule is CN1CC[C@H](N(C)Cc2ccc(NC(=O)NCc3ccc(F)cc3)cc2)C1=O. The molecule has 1 aliphatic rings. The second kappa shape index (κ2) is 8.84. The van der Waals surface area contributed by atoms with E-state index in [4.69, 9.17) is 0 Å². The van der Waals surface area contributed by atoms with Gasteiger partial charge in [-0.05, 0) is 48.9 Å². The monoisotopic (exact) mass is 384 g/mol. The summed E-state index contributed by atoms with van der Waals surface area (Å²) >= 11 is 0. The van der Waals surface area contributed by atoms with Gasteiger partial charge in [0.15, 0.2) is 0 Å². The van der Waals surface area contributed by atoms with Crippen LogP contribution in [0.15, 0.2) is 48.5 Å². The first kappa shape index (κ1) is 19.8. The maximum atomic E-state index is 12.9. The lowest BCUT2D eigenvalue weighted by atomic mass is 10.1. The van der Waals surface area contributed by atoms with Crippen LogP contribution < -0.4 is 10.6 Å². The Bertz CT molecular complexity index is 823. The number of hydrogen-bond donors (Lipinski definition) is 2. The molecule has 0 radical (unpaired) electrons. The topological polar surface area (TPSA) is 64.7 Å². The van der Waals surface area contributed by atoms with Gasteiger partial charge in [0.1, 0.15) is 5.82 Å². The third-order valence-electron chi connectivity index (χ3n) is 4.94. The number of hydrogen-bond acceptors (Lipinski definition) is 3. The Morgan fingerprint density at radius 3 is 2.39 bits per heavy atom. The van der Waals surface area contributed by atoms with E-state index in [-0.39, 0.29) is 23.8 Å². The van der Waals surface area contributed by atoms with Gasteiger partial charge in [-0.25, -0.2) is 9.18 Å². The summed E-state index contributed by atoms with van der Waals surface area (Å²) in [6.45, 7) is 1.78. The van der Waals surface area contributed by atoms with Crippen molar-refractivity contribution in [3.8, 4) is 0 Å². The van der Waals surface area contributed by atoms with E-state index < -0.39 is 0 Å². The molecule has 3 amide bonds. The maximum absolute atomic E-state index is 12.9. The van der Waals surface area contributed by atoms with Crippen LogP contribution in [0.3, 0.4) is 0 Å². The van der Waals surface area contributed by atoms with Gasteiger partial charge >= 0.3 is 6.03 Å². The van der Waals surface area contributed by atoms with Gasteiger partial charge in [-0.1, -0.05) is 24.3 Å². The molecule has 0 bridgehead atoms. The van der Waals surface area contributed by atoms with Gasteiger partial charge < -0.3 is 15.5 Å². The van der Waals surface area contributed by atoms with E-state index >= 15 is 0 Å². The summed E-state index contributed by atoms with van der Waals surface area (Å²) in [5.41, 5.74) is 2.57. The normalized spacial score (nSPS) is 16.5. The highest BCUT2D eigenvalue weighted by atomic mass is 19.1. The second-order valence-corrected chi connectivity index (χ2v) is 7.11. The van der Waals surface area contributed by atoms with Gasteiger partial charge in [0.05, 0.1) is 6.04 Å². The number of amides is 3. The van der Waals surface area contributed by atoms with Crippen LogP contribution in [0.5, 0.6) is 0 Å². The molecule has 1 atom stereocenters. The van der Waals surface area contributed by atoms with Crippen LogP contribution in [0.25, 0.3) is 0 Å². The molecule has 1 heterocycles. The standard InChI is InChI=1S/C21H25FN4O2/c1-25-12-11-19(20(25)27)26(2)14-16-5-9-18(10-6-16)24-21(28)23-13-15-3-7-17(22)8-4-15/h3-10,19H,11-14H2,1-2H3,(H2,23,24,28)/t19-/m0/s1. The summed E-state index contributed by atoms with van der Waals surface area (Å²) < 4.78 is 12.9. The van der Waals surface area contributed by atoms with Crippen molar-refractivity contribution in [1.29, 1.82) is 0 Å². The van der Waals surface area contributed by atoms with E-state index in [1.54, 1.807) is 17.0 Å². The zero-order valence-electron chi connectivity index (χ0n) is 16.1. The largest absolute Gasteiger partial charge is 0.344 e. The van der Waals surface area contributed by atoms with Gasteiger partial charge in [-0.2, -0.15) is 0 Å². The van der Waals surface area contributed by atoms with Crippen molar-refractivity contribution in [2.45, 2.75) is 25.6 Å². The molecule has 0 aromatic heterocycles. The van der Waals surface area contributed by atoms with Crippen molar-refractivity contribution in [3.05, 3.63) is 65.5 Å². The lowest BCUT2D eigenvalue weighted by molar-refractivity contribution is -0.130. The summed E-state index contributed by atoms with van der Waals surface area (Å²) in [7, 11) is 3.79. The smallest absolute Gasteiger partial charge is 0.319 e. The van der Waals surface area contributed by atoms with Crippen molar-refractivity contribution in [3.63, 3.8) is 0 Å².